The van der Waals surface area contributed by atoms with Gasteiger partial charge in [0.2, 0.25) is 0 Å². The maximum atomic E-state index is 4.91. The van der Waals surface area contributed by atoms with E-state index in [9.17, 15) is 0 Å². The van der Waals surface area contributed by atoms with Gasteiger partial charge in [-0.05, 0) is 84.6 Å². The molecule has 0 saturated heterocycles. The maximum absolute atomic E-state index is 4.91. The summed E-state index contributed by atoms with van der Waals surface area (Å²) in [6.07, 6.45) is 5.61. The molecule has 0 radical (unpaired) electrons. The van der Waals surface area contributed by atoms with Gasteiger partial charge >= 0.3 is 0 Å². The Labute approximate surface area is 225 Å². The first-order chi connectivity index (χ1) is 18.1. The number of hydrogen-bond acceptors (Lipinski definition) is 2. The molecule has 2 aromatic heterocycles. The molecule has 0 N–H and O–H groups in total. The third-order valence-corrected chi connectivity index (χ3v) is 7.58. The van der Waals surface area contributed by atoms with Gasteiger partial charge in [0, 0.05) is 29.4 Å². The highest BCUT2D eigenvalue weighted by molar-refractivity contribution is 6.16. The highest BCUT2D eigenvalue weighted by Crippen LogP contribution is 2.46. The molecule has 0 atom stereocenters. The summed E-state index contributed by atoms with van der Waals surface area (Å²) >= 11 is 0. The van der Waals surface area contributed by atoms with Gasteiger partial charge in [-0.25, -0.2) is 0 Å². The van der Waals surface area contributed by atoms with Crippen molar-refractivity contribution < 1.29 is 0 Å². The first-order valence-corrected chi connectivity index (χ1v) is 13.4. The number of rotatable bonds is 2. The van der Waals surface area contributed by atoms with E-state index >= 15 is 0 Å². The zero-order valence-electron chi connectivity index (χ0n) is 23.1. The Morgan fingerprint density at radius 2 is 1.08 bits per heavy atom. The summed E-state index contributed by atoms with van der Waals surface area (Å²) in [6, 6.07) is 28.8. The number of hydrogen-bond donors (Lipinski definition) is 0. The van der Waals surface area contributed by atoms with Crippen LogP contribution in [0.3, 0.4) is 0 Å². The molecule has 0 bridgehead atoms. The summed E-state index contributed by atoms with van der Waals surface area (Å²) in [7, 11) is 0. The maximum Gasteiger partial charge on any atom is 0.0783 e. The summed E-state index contributed by atoms with van der Waals surface area (Å²) in [5, 5.41) is 6.45. The normalized spacial score (nSPS) is 12.5. The van der Waals surface area contributed by atoms with Crippen LogP contribution in [0.2, 0.25) is 0 Å². The van der Waals surface area contributed by atoms with Gasteiger partial charge < -0.3 is 0 Å². The average molecular weight is 495 g/mol. The molecule has 0 aliphatic heterocycles. The van der Waals surface area contributed by atoms with Gasteiger partial charge in [-0.1, -0.05) is 96.1 Å². The van der Waals surface area contributed by atoms with Crippen LogP contribution in [0.25, 0.3) is 54.7 Å². The van der Waals surface area contributed by atoms with Crippen LogP contribution in [0.15, 0.2) is 97.5 Å². The summed E-state index contributed by atoms with van der Waals surface area (Å²) in [5.41, 5.74) is 8.61. The molecule has 6 aromatic rings. The lowest BCUT2D eigenvalue weighted by molar-refractivity contribution is 0.593. The van der Waals surface area contributed by atoms with Crippen LogP contribution < -0.4 is 0 Å². The lowest BCUT2D eigenvalue weighted by Gasteiger charge is -2.31. The van der Waals surface area contributed by atoms with E-state index in [2.05, 4.69) is 119 Å². The third kappa shape index (κ3) is 4.05. The fourth-order valence-corrected chi connectivity index (χ4v) is 6.02. The van der Waals surface area contributed by atoms with E-state index < -0.39 is 0 Å². The minimum atomic E-state index is -0.0492. The zero-order chi connectivity index (χ0) is 26.7. The second kappa shape index (κ2) is 8.77. The first-order valence-electron chi connectivity index (χ1n) is 13.4. The van der Waals surface area contributed by atoms with E-state index in [1.807, 2.05) is 24.7 Å². The van der Waals surface area contributed by atoms with E-state index in [4.69, 9.17) is 4.98 Å². The van der Waals surface area contributed by atoms with Crippen molar-refractivity contribution in [2.24, 2.45) is 0 Å². The van der Waals surface area contributed by atoms with Crippen molar-refractivity contribution in [1.29, 1.82) is 0 Å². The van der Waals surface area contributed by atoms with Gasteiger partial charge in [-0.3, -0.25) is 9.97 Å². The molecule has 0 saturated carbocycles. The second-order valence-corrected chi connectivity index (χ2v) is 12.4. The average Bonchev–Trinajstić information content (AvgIpc) is 2.90. The molecule has 188 valence electrons. The Balaban J connectivity index is 1.67. The van der Waals surface area contributed by atoms with Gasteiger partial charge in [0.05, 0.1) is 5.52 Å². The number of fused-ring (bicyclic) bond motifs is 4. The molecule has 0 aliphatic carbocycles. The number of benzene rings is 4. The second-order valence-electron chi connectivity index (χ2n) is 12.4. The summed E-state index contributed by atoms with van der Waals surface area (Å²) < 4.78 is 0. The van der Waals surface area contributed by atoms with Gasteiger partial charge in [0.25, 0.3) is 0 Å². The SMILES string of the molecule is CC(C)(C)c1c2cc(-c3ccc(-c4ccncc4)cc3)ccc2c(C(C)(C)C)c2c1ccc1cccnc12. The van der Waals surface area contributed by atoms with Crippen LogP contribution in [0, 0.1) is 0 Å². The van der Waals surface area contributed by atoms with Gasteiger partial charge in [0.15, 0.2) is 0 Å². The topological polar surface area (TPSA) is 25.8 Å². The smallest absolute Gasteiger partial charge is 0.0783 e. The Hall–Kier alpha value is -4.04. The van der Waals surface area contributed by atoms with E-state index in [0.717, 1.165) is 5.52 Å². The Bertz CT molecular complexity index is 1800. The predicted octanol–water partition coefficient (Wildman–Crippen LogP) is 9.87. The van der Waals surface area contributed by atoms with E-state index in [-0.39, 0.29) is 10.8 Å². The standard InChI is InChI=1S/C36H34N2/c1-35(2,3)32-29-16-13-26-8-7-19-38-34(26)31(29)33(36(4,5)6)28-15-14-27(22-30(28)32)24-11-9-23(10-12-24)25-17-20-37-21-18-25/h7-22H,1-6H3. The molecule has 0 amide bonds. The summed E-state index contributed by atoms with van der Waals surface area (Å²) in [4.78, 5) is 9.06. The van der Waals surface area contributed by atoms with E-state index in [0.29, 0.717) is 0 Å². The van der Waals surface area contributed by atoms with Crippen LogP contribution in [0.5, 0.6) is 0 Å². The van der Waals surface area contributed by atoms with Gasteiger partial charge in [-0.2, -0.15) is 0 Å². The van der Waals surface area contributed by atoms with E-state index in [1.165, 1.54) is 60.3 Å². The lowest BCUT2D eigenvalue weighted by atomic mass is 9.73. The van der Waals surface area contributed by atoms with Crippen molar-refractivity contribution >= 4 is 32.4 Å². The summed E-state index contributed by atoms with van der Waals surface area (Å²) in [6.45, 7) is 14.0. The molecule has 0 fully saturated rings. The van der Waals surface area contributed by atoms with Crippen molar-refractivity contribution in [2.45, 2.75) is 52.4 Å². The Kier molecular flexibility index (Phi) is 5.61. The largest absolute Gasteiger partial charge is 0.265 e. The monoisotopic (exact) mass is 494 g/mol. The Morgan fingerprint density at radius 3 is 1.74 bits per heavy atom. The van der Waals surface area contributed by atoms with Crippen molar-refractivity contribution in [3.8, 4) is 22.3 Å². The van der Waals surface area contributed by atoms with Crippen LogP contribution in [-0.2, 0) is 10.8 Å². The molecule has 0 aliphatic rings. The number of aromatic nitrogens is 2. The van der Waals surface area contributed by atoms with Crippen LogP contribution in [0.4, 0.5) is 0 Å². The van der Waals surface area contributed by atoms with Crippen molar-refractivity contribution in [3.05, 3.63) is 109 Å². The van der Waals surface area contributed by atoms with Crippen molar-refractivity contribution in [2.75, 3.05) is 0 Å². The zero-order valence-corrected chi connectivity index (χ0v) is 23.1. The Morgan fingerprint density at radius 1 is 0.500 bits per heavy atom. The number of nitrogens with zero attached hydrogens (tertiary/aromatic N) is 2. The van der Waals surface area contributed by atoms with E-state index in [1.54, 1.807) is 0 Å². The quantitative estimate of drug-likeness (QED) is 0.177. The predicted molar refractivity (Wildman–Crippen MR) is 163 cm³/mol. The van der Waals surface area contributed by atoms with Crippen LogP contribution >= 0.6 is 0 Å². The van der Waals surface area contributed by atoms with Crippen LogP contribution in [0.1, 0.15) is 52.7 Å². The molecule has 2 nitrogen and oxygen atoms in total. The molecular formula is C36H34N2. The highest BCUT2D eigenvalue weighted by Gasteiger charge is 2.28. The van der Waals surface area contributed by atoms with Gasteiger partial charge in [0.1, 0.15) is 0 Å². The summed E-state index contributed by atoms with van der Waals surface area (Å²) in [5.74, 6) is 0. The lowest BCUT2D eigenvalue weighted by Crippen LogP contribution is -2.18. The first kappa shape index (κ1) is 24.3. The number of pyridine rings is 2. The fourth-order valence-electron chi connectivity index (χ4n) is 6.02. The van der Waals surface area contributed by atoms with Crippen molar-refractivity contribution in [1.82, 2.24) is 9.97 Å². The molecule has 2 heterocycles. The minimum Gasteiger partial charge on any atom is -0.265 e. The van der Waals surface area contributed by atoms with Gasteiger partial charge in [-0.15, -0.1) is 0 Å². The molecular weight excluding hydrogens is 460 g/mol. The molecule has 0 spiro atoms. The molecule has 6 rings (SSSR count). The molecule has 4 aromatic carbocycles. The van der Waals surface area contributed by atoms with Crippen molar-refractivity contribution in [3.63, 3.8) is 0 Å². The minimum absolute atomic E-state index is 0.0425. The fraction of sp³-hybridized carbons (Fsp3) is 0.222. The van der Waals surface area contributed by atoms with Crippen LogP contribution in [-0.4, -0.2) is 9.97 Å². The highest BCUT2D eigenvalue weighted by atomic mass is 14.6. The molecule has 2 heteroatoms. The molecule has 0 unspecified atom stereocenters. The molecule has 38 heavy (non-hydrogen) atoms. The third-order valence-electron chi connectivity index (χ3n) is 7.58.